The predicted octanol–water partition coefficient (Wildman–Crippen LogP) is 3.18. The van der Waals surface area contributed by atoms with Crippen LogP contribution in [0.15, 0.2) is 59.6 Å². The van der Waals surface area contributed by atoms with Gasteiger partial charge in [-0.1, -0.05) is 6.07 Å². The standard InChI is InChI=1S/C22H22N4O2/c1-16-18(6-11-28-16)21(27)25-10-7-22(14-25)15-26(13-17-4-2-8-23-12-17)19-5-3-9-24-20(19)22/h2-6,8-9,11-12H,7,10,13-15H2,1H3/t22-/m0/s1. The highest BCUT2D eigenvalue weighted by Gasteiger charge is 2.49. The molecule has 2 aliphatic rings. The fourth-order valence-electron chi connectivity index (χ4n) is 4.58. The first-order valence-electron chi connectivity index (χ1n) is 9.59. The lowest BCUT2D eigenvalue weighted by atomic mass is 9.85. The zero-order valence-corrected chi connectivity index (χ0v) is 15.8. The van der Waals surface area contributed by atoms with Crippen molar-refractivity contribution in [3.05, 3.63) is 77.8 Å². The maximum absolute atomic E-state index is 13.0. The lowest BCUT2D eigenvalue weighted by molar-refractivity contribution is 0.0782. The van der Waals surface area contributed by atoms with Crippen molar-refractivity contribution in [1.82, 2.24) is 14.9 Å². The van der Waals surface area contributed by atoms with E-state index in [-0.39, 0.29) is 11.3 Å². The van der Waals surface area contributed by atoms with Crippen molar-refractivity contribution in [2.75, 3.05) is 24.5 Å². The van der Waals surface area contributed by atoms with Crippen LogP contribution in [0.5, 0.6) is 0 Å². The summed E-state index contributed by atoms with van der Waals surface area (Å²) in [7, 11) is 0. The molecule has 0 aromatic carbocycles. The van der Waals surface area contributed by atoms with Gasteiger partial charge >= 0.3 is 0 Å². The summed E-state index contributed by atoms with van der Waals surface area (Å²) >= 11 is 0. The van der Waals surface area contributed by atoms with E-state index in [1.54, 1.807) is 18.5 Å². The van der Waals surface area contributed by atoms with E-state index in [4.69, 9.17) is 9.40 Å². The molecule has 0 unspecified atom stereocenters. The SMILES string of the molecule is Cc1occc1C(=O)N1CC[C@]2(C1)CN(Cc1cccnc1)c1cccnc12. The molecule has 1 spiro atoms. The van der Waals surface area contributed by atoms with E-state index in [1.807, 2.05) is 36.4 Å². The molecule has 6 heteroatoms. The van der Waals surface area contributed by atoms with Crippen molar-refractivity contribution >= 4 is 11.6 Å². The molecule has 0 radical (unpaired) electrons. The first-order chi connectivity index (χ1) is 13.7. The Labute approximate surface area is 163 Å². The van der Waals surface area contributed by atoms with Crippen molar-refractivity contribution in [1.29, 1.82) is 0 Å². The van der Waals surface area contributed by atoms with Crippen LogP contribution in [0.1, 0.15) is 33.8 Å². The molecular formula is C22H22N4O2. The van der Waals surface area contributed by atoms with E-state index < -0.39 is 0 Å². The number of likely N-dealkylation sites (tertiary alicyclic amines) is 1. The minimum atomic E-state index is -0.119. The Kier molecular flexibility index (Phi) is 3.93. The van der Waals surface area contributed by atoms with E-state index in [1.165, 1.54) is 11.3 Å². The molecule has 142 valence electrons. The number of hydrogen-bond donors (Lipinski definition) is 0. The highest BCUT2D eigenvalue weighted by atomic mass is 16.3. The van der Waals surface area contributed by atoms with Crippen LogP contribution >= 0.6 is 0 Å². The molecule has 3 aromatic heterocycles. The number of amides is 1. The fourth-order valence-corrected chi connectivity index (χ4v) is 4.58. The Morgan fingerprint density at radius 2 is 2.11 bits per heavy atom. The second-order valence-electron chi connectivity index (χ2n) is 7.74. The van der Waals surface area contributed by atoms with Gasteiger partial charge in [0.05, 0.1) is 28.6 Å². The average molecular weight is 374 g/mol. The summed E-state index contributed by atoms with van der Waals surface area (Å²) in [6, 6.07) is 9.95. The van der Waals surface area contributed by atoms with Gasteiger partial charge < -0.3 is 14.2 Å². The normalized spacial score (nSPS) is 20.8. The third kappa shape index (κ3) is 2.68. The Bertz CT molecular complexity index is 1020. The molecule has 5 heterocycles. The Morgan fingerprint density at radius 1 is 1.21 bits per heavy atom. The molecule has 0 bridgehead atoms. The van der Waals surface area contributed by atoms with Crippen molar-refractivity contribution in [2.45, 2.75) is 25.3 Å². The van der Waals surface area contributed by atoms with E-state index in [0.29, 0.717) is 17.9 Å². The van der Waals surface area contributed by atoms with Crippen LogP contribution < -0.4 is 4.90 Å². The molecule has 0 N–H and O–H groups in total. The second kappa shape index (κ2) is 6.48. The monoisotopic (exact) mass is 374 g/mol. The molecule has 5 rings (SSSR count). The summed E-state index contributed by atoms with van der Waals surface area (Å²) in [6.07, 6.45) is 8.06. The highest BCUT2D eigenvalue weighted by Crippen LogP contribution is 2.45. The van der Waals surface area contributed by atoms with Crippen molar-refractivity contribution in [2.24, 2.45) is 0 Å². The van der Waals surface area contributed by atoms with Crippen LogP contribution in [0, 0.1) is 6.92 Å². The topological polar surface area (TPSA) is 62.5 Å². The Balaban J connectivity index is 1.43. The third-order valence-electron chi connectivity index (χ3n) is 5.95. The second-order valence-corrected chi connectivity index (χ2v) is 7.74. The number of anilines is 1. The van der Waals surface area contributed by atoms with Crippen LogP contribution in [0.3, 0.4) is 0 Å². The number of nitrogens with zero attached hydrogens (tertiary/aromatic N) is 4. The number of carbonyl (C=O) groups is 1. The van der Waals surface area contributed by atoms with Gasteiger partial charge in [0.25, 0.3) is 5.91 Å². The maximum Gasteiger partial charge on any atom is 0.257 e. The summed E-state index contributed by atoms with van der Waals surface area (Å²) in [5, 5.41) is 0. The Morgan fingerprint density at radius 3 is 2.89 bits per heavy atom. The quantitative estimate of drug-likeness (QED) is 0.705. The maximum atomic E-state index is 13.0. The van der Waals surface area contributed by atoms with E-state index in [2.05, 4.69) is 22.0 Å². The number of pyridine rings is 2. The number of fused-ring (bicyclic) bond motifs is 2. The number of rotatable bonds is 3. The minimum absolute atomic E-state index is 0.0475. The van der Waals surface area contributed by atoms with Crippen molar-refractivity contribution < 1.29 is 9.21 Å². The van der Waals surface area contributed by atoms with E-state index in [0.717, 1.165) is 31.7 Å². The van der Waals surface area contributed by atoms with Gasteiger partial charge in [0.2, 0.25) is 0 Å². The number of aromatic nitrogens is 2. The number of hydrogen-bond acceptors (Lipinski definition) is 5. The molecule has 0 saturated carbocycles. The van der Waals surface area contributed by atoms with Crippen LogP contribution in [0.25, 0.3) is 0 Å². The molecule has 28 heavy (non-hydrogen) atoms. The Hall–Kier alpha value is -3.15. The van der Waals surface area contributed by atoms with Gasteiger partial charge in [-0.3, -0.25) is 14.8 Å². The average Bonchev–Trinajstić information content (AvgIpc) is 3.42. The van der Waals surface area contributed by atoms with E-state index >= 15 is 0 Å². The number of furan rings is 1. The first kappa shape index (κ1) is 17.0. The highest BCUT2D eigenvalue weighted by molar-refractivity contribution is 5.95. The lowest BCUT2D eigenvalue weighted by Gasteiger charge is -2.25. The summed E-state index contributed by atoms with van der Waals surface area (Å²) in [5.41, 5.74) is 3.99. The summed E-state index contributed by atoms with van der Waals surface area (Å²) in [5.74, 6) is 0.723. The lowest BCUT2D eigenvalue weighted by Crippen LogP contribution is -2.38. The number of carbonyl (C=O) groups excluding carboxylic acids is 1. The molecule has 1 saturated heterocycles. The van der Waals surface area contributed by atoms with Crippen LogP contribution in [0.4, 0.5) is 5.69 Å². The van der Waals surface area contributed by atoms with Crippen LogP contribution in [-0.4, -0.2) is 40.4 Å². The van der Waals surface area contributed by atoms with Crippen LogP contribution in [0.2, 0.25) is 0 Å². The largest absolute Gasteiger partial charge is 0.469 e. The zero-order chi connectivity index (χ0) is 19.1. The summed E-state index contributed by atoms with van der Waals surface area (Å²) in [6.45, 7) is 4.91. The van der Waals surface area contributed by atoms with Crippen molar-refractivity contribution in [3.63, 3.8) is 0 Å². The minimum Gasteiger partial charge on any atom is -0.469 e. The summed E-state index contributed by atoms with van der Waals surface area (Å²) in [4.78, 5) is 26.3. The smallest absolute Gasteiger partial charge is 0.257 e. The van der Waals surface area contributed by atoms with Gasteiger partial charge in [0.1, 0.15) is 5.76 Å². The molecule has 1 amide bonds. The van der Waals surface area contributed by atoms with Gasteiger partial charge in [-0.15, -0.1) is 0 Å². The van der Waals surface area contributed by atoms with E-state index in [9.17, 15) is 4.79 Å². The number of aryl methyl sites for hydroxylation is 1. The zero-order valence-electron chi connectivity index (χ0n) is 15.8. The van der Waals surface area contributed by atoms with Gasteiger partial charge in [-0.2, -0.15) is 0 Å². The van der Waals surface area contributed by atoms with Gasteiger partial charge in [-0.25, -0.2) is 0 Å². The van der Waals surface area contributed by atoms with Crippen molar-refractivity contribution in [3.8, 4) is 0 Å². The molecular weight excluding hydrogens is 352 g/mol. The summed E-state index contributed by atoms with van der Waals surface area (Å²) < 4.78 is 5.33. The van der Waals surface area contributed by atoms with Gasteiger partial charge in [0.15, 0.2) is 0 Å². The molecule has 6 nitrogen and oxygen atoms in total. The van der Waals surface area contributed by atoms with Gasteiger partial charge in [-0.05, 0) is 43.2 Å². The predicted molar refractivity (Wildman–Crippen MR) is 105 cm³/mol. The molecule has 3 aromatic rings. The fraction of sp³-hybridized carbons (Fsp3) is 0.318. The molecule has 1 fully saturated rings. The third-order valence-corrected chi connectivity index (χ3v) is 5.95. The molecule has 2 aliphatic heterocycles. The van der Waals surface area contributed by atoms with Crippen LogP contribution in [-0.2, 0) is 12.0 Å². The molecule has 1 atom stereocenters. The molecule has 0 aliphatic carbocycles. The first-order valence-corrected chi connectivity index (χ1v) is 9.59. The van der Waals surface area contributed by atoms with Gasteiger partial charge in [0, 0.05) is 44.8 Å².